The number of rotatable bonds is 7. The van der Waals surface area contributed by atoms with Gasteiger partial charge in [-0.25, -0.2) is 13.8 Å². The normalized spacial score (nSPS) is 12.0. The number of alkyl halides is 7. The lowest BCUT2D eigenvalue weighted by atomic mass is 9.94. The van der Waals surface area contributed by atoms with Crippen molar-refractivity contribution in [2.45, 2.75) is 24.4 Å². The minimum atomic E-state index is -6.37. The summed E-state index contributed by atoms with van der Waals surface area (Å²) in [6.45, 7) is -0.358. The van der Waals surface area contributed by atoms with Crippen molar-refractivity contribution in [1.29, 1.82) is 5.26 Å². The van der Waals surface area contributed by atoms with Gasteiger partial charge in [0.2, 0.25) is 5.95 Å². The molecule has 17 heteroatoms. The molecule has 0 aliphatic heterocycles. The molecule has 1 aromatic heterocycles. The van der Waals surface area contributed by atoms with Crippen LogP contribution in [0.2, 0.25) is 0 Å². The molecule has 0 bridgehead atoms. The third-order valence-corrected chi connectivity index (χ3v) is 7.12. The first-order valence-corrected chi connectivity index (χ1v) is 13.0. The Kier molecular flexibility index (Phi) is 9.82. The van der Waals surface area contributed by atoms with E-state index < -0.39 is 72.1 Å². The van der Waals surface area contributed by atoms with E-state index in [1.54, 1.807) is 6.07 Å². The molecule has 0 aliphatic rings. The molecule has 1 N–H and O–H groups in total. The van der Waals surface area contributed by atoms with Crippen molar-refractivity contribution in [3.05, 3.63) is 85.2 Å². The van der Waals surface area contributed by atoms with Crippen LogP contribution in [0.3, 0.4) is 0 Å². The zero-order valence-electron chi connectivity index (χ0n) is 20.3. The summed E-state index contributed by atoms with van der Waals surface area (Å²) in [6.07, 6.45) is -12.2. The van der Waals surface area contributed by atoms with Crippen LogP contribution in [0.25, 0.3) is 0 Å². The molecule has 2 aromatic carbocycles. The molecule has 3 rings (SSSR count). The molecule has 0 unspecified atom stereocenters. The van der Waals surface area contributed by atoms with Gasteiger partial charge in [-0.1, -0.05) is 6.07 Å². The molecule has 222 valence electrons. The van der Waals surface area contributed by atoms with E-state index in [4.69, 9.17) is 5.26 Å². The molecule has 6 nitrogen and oxygen atoms in total. The lowest BCUT2D eigenvalue weighted by molar-refractivity contribution is -0.348. The highest BCUT2D eigenvalue weighted by Gasteiger charge is 2.73. The maximum absolute atomic E-state index is 15.6. The highest BCUT2D eigenvalue weighted by molar-refractivity contribution is 14.1. The number of anilines is 2. The van der Waals surface area contributed by atoms with Crippen LogP contribution >= 0.6 is 38.5 Å². The number of hydrogen-bond donors (Lipinski definition) is 1. The number of amides is 2. The van der Waals surface area contributed by atoms with Gasteiger partial charge in [-0.15, -0.1) is 0 Å². The van der Waals surface area contributed by atoms with Gasteiger partial charge in [0.25, 0.3) is 11.8 Å². The number of nitrogens with one attached hydrogen (secondary N) is 1. The summed E-state index contributed by atoms with van der Waals surface area (Å²) in [7, 11) is 0. The van der Waals surface area contributed by atoms with Crippen molar-refractivity contribution >= 4 is 61.7 Å². The summed E-state index contributed by atoms with van der Waals surface area (Å²) < 4.78 is 121. The zero-order valence-corrected chi connectivity index (χ0v) is 24.1. The van der Waals surface area contributed by atoms with Crippen LogP contribution in [-0.2, 0) is 5.67 Å². The van der Waals surface area contributed by atoms with Gasteiger partial charge >= 0.3 is 18.0 Å². The van der Waals surface area contributed by atoms with Gasteiger partial charge < -0.3 is 10.2 Å². The predicted octanol–water partition coefficient (Wildman–Crippen LogP) is 7.83. The third kappa shape index (κ3) is 6.48. The third-order valence-electron chi connectivity index (χ3n) is 5.64. The number of nitriles is 1. The number of carbonyl (C=O) groups is 2. The van der Waals surface area contributed by atoms with Crippen LogP contribution in [0, 0.1) is 26.7 Å². The summed E-state index contributed by atoms with van der Waals surface area (Å²) in [5.41, 5.74) is -9.32. The molecule has 0 saturated heterocycles. The van der Waals surface area contributed by atoms with Gasteiger partial charge in [-0.05, 0) is 74.9 Å². The second kappa shape index (κ2) is 12.5. The molecule has 0 saturated carbocycles. The molecule has 2 amide bonds. The number of aromatic nitrogens is 1. The Balaban J connectivity index is 2.01. The van der Waals surface area contributed by atoms with E-state index in [1.807, 2.05) is 0 Å². The van der Waals surface area contributed by atoms with Crippen LogP contribution < -0.4 is 10.2 Å². The van der Waals surface area contributed by atoms with Crippen molar-refractivity contribution in [3.63, 3.8) is 0 Å². The first-order valence-electron chi connectivity index (χ1n) is 11.2. The maximum atomic E-state index is 15.6. The number of nitrogens with zero attached hydrogens (tertiary/aromatic N) is 3. The summed E-state index contributed by atoms with van der Waals surface area (Å²) in [4.78, 5) is 30.2. The molecule has 0 fully saturated rings. The minimum absolute atomic E-state index is 0.177. The highest BCUT2D eigenvalue weighted by Crippen LogP contribution is 2.54. The van der Waals surface area contributed by atoms with Crippen molar-refractivity contribution in [1.82, 2.24) is 4.98 Å². The molecule has 0 radical (unpaired) electrons. The van der Waals surface area contributed by atoms with Crippen LogP contribution in [0.4, 0.5) is 50.9 Å². The molecule has 42 heavy (non-hydrogen) atoms. The van der Waals surface area contributed by atoms with Gasteiger partial charge in [0, 0.05) is 26.3 Å². The van der Waals surface area contributed by atoms with Gasteiger partial charge in [-0.3, -0.25) is 9.59 Å². The van der Waals surface area contributed by atoms with E-state index in [2.05, 4.69) is 26.2 Å². The Hall–Kier alpha value is -3.40. The first-order chi connectivity index (χ1) is 19.4. The standard InChI is InChI=1S/C25H13BrF9IN4O2/c26-15-9-13(23(29,24(30,31)32)25(33,34)35)10-16(36)20(15)39-21(41)14-3-1-4-17(19(14)28)40(8-2-7-37)22(42)12-5-6-18(27)38-11-12/h1,3-6,9-11H,2,8H2,(H,39,41). The topological polar surface area (TPSA) is 86.1 Å². The van der Waals surface area contributed by atoms with E-state index in [-0.39, 0.29) is 30.7 Å². The largest absolute Gasteiger partial charge is 0.435 e. The van der Waals surface area contributed by atoms with E-state index >= 15 is 4.39 Å². The number of halogens is 11. The highest BCUT2D eigenvalue weighted by atomic mass is 127. The molecule has 0 aliphatic carbocycles. The van der Waals surface area contributed by atoms with Crippen molar-refractivity contribution in [3.8, 4) is 6.07 Å². The van der Waals surface area contributed by atoms with Gasteiger partial charge in [0.05, 0.1) is 35.0 Å². The number of pyridine rings is 1. The lowest BCUT2D eigenvalue weighted by Crippen LogP contribution is -2.50. The number of hydrogen-bond acceptors (Lipinski definition) is 4. The fourth-order valence-corrected chi connectivity index (χ4v) is 5.31. The van der Waals surface area contributed by atoms with Crippen molar-refractivity contribution in [2.24, 2.45) is 0 Å². The second-order valence-corrected chi connectivity index (χ2v) is 10.3. The maximum Gasteiger partial charge on any atom is 0.435 e. The summed E-state index contributed by atoms with van der Waals surface area (Å²) in [5.74, 6) is -4.32. The summed E-state index contributed by atoms with van der Waals surface area (Å²) >= 11 is 3.99. The second-order valence-electron chi connectivity index (χ2n) is 8.30. The average Bonchev–Trinajstić information content (AvgIpc) is 2.90. The first kappa shape index (κ1) is 33.1. The van der Waals surface area contributed by atoms with Crippen LogP contribution in [-0.4, -0.2) is 35.7 Å². The van der Waals surface area contributed by atoms with Gasteiger partial charge in [0.1, 0.15) is 0 Å². The lowest BCUT2D eigenvalue weighted by Gasteiger charge is -2.31. The van der Waals surface area contributed by atoms with E-state index in [1.165, 1.54) is 22.6 Å². The average molecular weight is 779 g/mol. The van der Waals surface area contributed by atoms with E-state index in [0.717, 1.165) is 41.4 Å². The smallest absolute Gasteiger partial charge is 0.320 e. The molecular weight excluding hydrogens is 766 g/mol. The van der Waals surface area contributed by atoms with Crippen LogP contribution in [0.1, 0.15) is 32.7 Å². The molecule has 1 heterocycles. The predicted molar refractivity (Wildman–Crippen MR) is 142 cm³/mol. The molecule has 0 atom stereocenters. The van der Waals surface area contributed by atoms with Crippen molar-refractivity contribution < 1.29 is 49.1 Å². The van der Waals surface area contributed by atoms with Crippen molar-refractivity contribution in [2.75, 3.05) is 16.8 Å². The summed E-state index contributed by atoms with van der Waals surface area (Å²) in [5, 5.41) is 11.1. The molecule has 3 aromatic rings. The number of benzene rings is 2. The van der Waals surface area contributed by atoms with Gasteiger partial charge in [-0.2, -0.15) is 36.0 Å². The quantitative estimate of drug-likeness (QED) is 0.151. The minimum Gasteiger partial charge on any atom is -0.320 e. The summed E-state index contributed by atoms with van der Waals surface area (Å²) in [6, 6.07) is 7.35. The fourth-order valence-electron chi connectivity index (χ4n) is 3.62. The Morgan fingerprint density at radius 2 is 1.67 bits per heavy atom. The van der Waals surface area contributed by atoms with Gasteiger partial charge in [0.15, 0.2) is 5.82 Å². The Morgan fingerprint density at radius 3 is 2.19 bits per heavy atom. The monoisotopic (exact) mass is 778 g/mol. The number of carbonyl (C=O) groups excluding carboxylic acids is 2. The zero-order chi connectivity index (χ0) is 31.6. The Morgan fingerprint density at radius 1 is 1.02 bits per heavy atom. The van der Waals surface area contributed by atoms with Crippen LogP contribution in [0.5, 0.6) is 0 Å². The van der Waals surface area contributed by atoms with Crippen LogP contribution in [0.15, 0.2) is 53.1 Å². The SMILES string of the molecule is N#CCCN(C(=O)c1ccc(F)nc1)c1cccc(C(=O)Nc2c(Br)cc(C(F)(C(F)(F)F)C(F)(F)F)cc2I)c1F. The molecular formula is C25H13BrF9IN4O2. The Bertz CT molecular complexity index is 1520. The Labute approximate surface area is 252 Å². The van der Waals surface area contributed by atoms with E-state index in [9.17, 15) is 44.7 Å². The fraction of sp³-hybridized carbons (Fsp3) is 0.200. The molecule has 0 spiro atoms. The van der Waals surface area contributed by atoms with E-state index in [0.29, 0.717) is 0 Å².